The SMILES string of the molecule is O=C(Nc1ccc2c(c1)N(C(=O)c1cccs1)CC2)c1ccc(C(F)(F)F)cc1. The molecule has 29 heavy (non-hydrogen) atoms. The van der Waals surface area contributed by atoms with Crippen LogP contribution < -0.4 is 10.2 Å². The van der Waals surface area contributed by atoms with Gasteiger partial charge in [-0.2, -0.15) is 13.2 Å². The van der Waals surface area contributed by atoms with Gasteiger partial charge < -0.3 is 10.2 Å². The van der Waals surface area contributed by atoms with E-state index in [0.29, 0.717) is 17.1 Å². The molecule has 2 amide bonds. The second kappa shape index (κ2) is 7.36. The number of rotatable bonds is 3. The van der Waals surface area contributed by atoms with Gasteiger partial charge in [0.25, 0.3) is 11.8 Å². The maximum absolute atomic E-state index is 12.7. The molecule has 4 nitrogen and oxygen atoms in total. The molecule has 2 aromatic carbocycles. The Hall–Kier alpha value is -3.13. The molecule has 0 aliphatic carbocycles. The number of hydrogen-bond acceptors (Lipinski definition) is 3. The Bertz CT molecular complexity index is 1060. The molecule has 1 N–H and O–H groups in total. The van der Waals surface area contributed by atoms with Gasteiger partial charge in [0, 0.05) is 23.5 Å². The Morgan fingerprint density at radius 2 is 1.79 bits per heavy atom. The lowest BCUT2D eigenvalue weighted by Gasteiger charge is -2.17. The Balaban J connectivity index is 1.53. The van der Waals surface area contributed by atoms with Crippen LogP contribution in [0.3, 0.4) is 0 Å². The third kappa shape index (κ3) is 3.88. The van der Waals surface area contributed by atoms with Gasteiger partial charge in [-0.15, -0.1) is 11.3 Å². The molecule has 1 aliphatic heterocycles. The van der Waals surface area contributed by atoms with Crippen LogP contribution in [0.5, 0.6) is 0 Å². The summed E-state index contributed by atoms with van der Waals surface area (Å²) in [6.07, 6.45) is -3.73. The Kier molecular flexibility index (Phi) is 4.87. The molecule has 0 atom stereocenters. The van der Waals surface area contributed by atoms with Gasteiger partial charge in [-0.05, 0) is 59.8 Å². The van der Waals surface area contributed by atoms with E-state index in [1.54, 1.807) is 23.1 Å². The molecule has 0 bridgehead atoms. The van der Waals surface area contributed by atoms with Crippen molar-refractivity contribution in [2.24, 2.45) is 0 Å². The van der Waals surface area contributed by atoms with E-state index in [0.717, 1.165) is 41.9 Å². The lowest BCUT2D eigenvalue weighted by Crippen LogP contribution is -2.28. The molecular formula is C21H15F3N2O2S. The van der Waals surface area contributed by atoms with Crippen LogP contribution in [0.1, 0.15) is 31.2 Å². The number of hydrogen-bond donors (Lipinski definition) is 1. The fourth-order valence-electron chi connectivity index (χ4n) is 3.22. The number of alkyl halides is 3. The van der Waals surface area contributed by atoms with E-state index in [1.807, 2.05) is 17.5 Å². The average molecular weight is 416 g/mol. The molecule has 0 unspecified atom stereocenters. The maximum Gasteiger partial charge on any atom is 0.416 e. The second-order valence-electron chi connectivity index (χ2n) is 6.56. The summed E-state index contributed by atoms with van der Waals surface area (Å²) >= 11 is 1.37. The molecule has 0 fully saturated rings. The number of halogens is 3. The summed E-state index contributed by atoms with van der Waals surface area (Å²) in [6, 6.07) is 12.9. The summed E-state index contributed by atoms with van der Waals surface area (Å²) < 4.78 is 38.0. The van der Waals surface area contributed by atoms with Crippen molar-refractivity contribution in [3.8, 4) is 0 Å². The van der Waals surface area contributed by atoms with Gasteiger partial charge in [-0.1, -0.05) is 12.1 Å². The molecule has 1 aliphatic rings. The van der Waals surface area contributed by atoms with Crippen molar-refractivity contribution < 1.29 is 22.8 Å². The van der Waals surface area contributed by atoms with E-state index < -0.39 is 17.6 Å². The molecule has 2 heterocycles. The standard InChI is InChI=1S/C21H15F3N2O2S/c22-21(23,24)15-6-3-14(4-7-15)19(27)25-16-8-5-13-9-10-26(17(13)12-16)20(28)18-2-1-11-29-18/h1-8,11-12H,9-10H2,(H,25,27). The highest BCUT2D eigenvalue weighted by Crippen LogP contribution is 2.33. The van der Waals surface area contributed by atoms with Crippen molar-refractivity contribution >= 4 is 34.5 Å². The van der Waals surface area contributed by atoms with E-state index in [1.165, 1.54) is 11.3 Å². The van der Waals surface area contributed by atoms with E-state index in [2.05, 4.69) is 5.32 Å². The molecule has 1 aromatic heterocycles. The first-order valence-electron chi connectivity index (χ1n) is 8.80. The largest absolute Gasteiger partial charge is 0.416 e. The van der Waals surface area contributed by atoms with Crippen LogP contribution in [0.2, 0.25) is 0 Å². The minimum Gasteiger partial charge on any atom is -0.322 e. The van der Waals surface area contributed by atoms with Gasteiger partial charge in [0.1, 0.15) is 0 Å². The number of benzene rings is 2. The Morgan fingerprint density at radius 3 is 2.45 bits per heavy atom. The molecule has 0 radical (unpaired) electrons. The van der Waals surface area contributed by atoms with Gasteiger partial charge in [0.05, 0.1) is 10.4 Å². The van der Waals surface area contributed by atoms with Crippen molar-refractivity contribution in [1.29, 1.82) is 0 Å². The van der Waals surface area contributed by atoms with E-state index in [9.17, 15) is 22.8 Å². The highest BCUT2D eigenvalue weighted by molar-refractivity contribution is 7.12. The average Bonchev–Trinajstić information content (AvgIpc) is 3.37. The van der Waals surface area contributed by atoms with Gasteiger partial charge in [-0.3, -0.25) is 9.59 Å². The zero-order valence-electron chi connectivity index (χ0n) is 15.0. The van der Waals surface area contributed by atoms with Gasteiger partial charge >= 0.3 is 6.18 Å². The Morgan fingerprint density at radius 1 is 1.03 bits per heavy atom. The predicted molar refractivity (Wildman–Crippen MR) is 106 cm³/mol. The van der Waals surface area contributed by atoms with Crippen molar-refractivity contribution in [1.82, 2.24) is 0 Å². The third-order valence-corrected chi connectivity index (χ3v) is 5.55. The zero-order chi connectivity index (χ0) is 20.6. The molecule has 148 valence electrons. The van der Waals surface area contributed by atoms with Gasteiger partial charge in [-0.25, -0.2) is 0 Å². The quantitative estimate of drug-likeness (QED) is 0.636. The third-order valence-electron chi connectivity index (χ3n) is 4.69. The number of carbonyl (C=O) groups excluding carboxylic acids is 2. The monoisotopic (exact) mass is 416 g/mol. The molecule has 0 saturated heterocycles. The highest BCUT2D eigenvalue weighted by atomic mass is 32.1. The Labute approximate surface area is 168 Å². The minimum atomic E-state index is -4.45. The molecule has 0 saturated carbocycles. The second-order valence-corrected chi connectivity index (χ2v) is 7.50. The van der Waals surface area contributed by atoms with Crippen LogP contribution in [0.4, 0.5) is 24.5 Å². The van der Waals surface area contributed by atoms with Crippen LogP contribution in [-0.2, 0) is 12.6 Å². The topological polar surface area (TPSA) is 49.4 Å². The van der Waals surface area contributed by atoms with E-state index >= 15 is 0 Å². The molecule has 8 heteroatoms. The van der Waals surface area contributed by atoms with Crippen molar-refractivity contribution in [2.45, 2.75) is 12.6 Å². The van der Waals surface area contributed by atoms with Crippen LogP contribution in [-0.4, -0.2) is 18.4 Å². The predicted octanol–water partition coefficient (Wildman–Crippen LogP) is 5.22. The molecule has 4 rings (SSSR count). The molecule has 0 spiro atoms. The summed E-state index contributed by atoms with van der Waals surface area (Å²) in [6.45, 7) is 0.558. The lowest BCUT2D eigenvalue weighted by atomic mass is 10.1. The summed E-state index contributed by atoms with van der Waals surface area (Å²) in [5.41, 5.74) is 1.51. The fraction of sp³-hybridized carbons (Fsp3) is 0.143. The van der Waals surface area contributed by atoms with Crippen LogP contribution in [0.15, 0.2) is 60.0 Å². The van der Waals surface area contributed by atoms with Crippen molar-refractivity contribution in [3.05, 3.63) is 81.5 Å². The van der Waals surface area contributed by atoms with Crippen molar-refractivity contribution in [2.75, 3.05) is 16.8 Å². The zero-order valence-corrected chi connectivity index (χ0v) is 15.8. The van der Waals surface area contributed by atoms with E-state index in [-0.39, 0.29) is 11.5 Å². The van der Waals surface area contributed by atoms with Gasteiger partial charge in [0.2, 0.25) is 0 Å². The minimum absolute atomic E-state index is 0.0926. The normalized spacial score (nSPS) is 13.3. The maximum atomic E-state index is 12.7. The first kappa shape index (κ1) is 19.2. The number of fused-ring (bicyclic) bond motifs is 1. The summed E-state index contributed by atoms with van der Waals surface area (Å²) in [5, 5.41) is 4.52. The highest BCUT2D eigenvalue weighted by Gasteiger charge is 2.30. The number of nitrogens with one attached hydrogen (secondary N) is 1. The van der Waals surface area contributed by atoms with Crippen molar-refractivity contribution in [3.63, 3.8) is 0 Å². The molecular weight excluding hydrogens is 401 g/mol. The summed E-state index contributed by atoms with van der Waals surface area (Å²) in [4.78, 5) is 27.4. The smallest absolute Gasteiger partial charge is 0.322 e. The van der Waals surface area contributed by atoms with Crippen LogP contribution >= 0.6 is 11.3 Å². The lowest BCUT2D eigenvalue weighted by molar-refractivity contribution is -0.137. The molecule has 3 aromatic rings. The number of carbonyl (C=O) groups is 2. The summed E-state index contributed by atoms with van der Waals surface area (Å²) in [7, 11) is 0. The fourth-order valence-corrected chi connectivity index (χ4v) is 3.89. The van der Waals surface area contributed by atoms with E-state index in [4.69, 9.17) is 0 Å². The number of anilines is 2. The van der Waals surface area contributed by atoms with Gasteiger partial charge in [0.15, 0.2) is 0 Å². The first-order valence-corrected chi connectivity index (χ1v) is 9.68. The van der Waals surface area contributed by atoms with Crippen LogP contribution in [0.25, 0.3) is 0 Å². The first-order chi connectivity index (χ1) is 13.8. The number of amides is 2. The number of nitrogens with zero attached hydrogens (tertiary/aromatic N) is 1. The summed E-state index contributed by atoms with van der Waals surface area (Å²) in [5.74, 6) is -0.613. The van der Waals surface area contributed by atoms with Crippen LogP contribution in [0, 0.1) is 0 Å². The number of thiophene rings is 1.